The van der Waals surface area contributed by atoms with Gasteiger partial charge in [0.2, 0.25) is 0 Å². The van der Waals surface area contributed by atoms with E-state index in [0.29, 0.717) is 12.1 Å². The summed E-state index contributed by atoms with van der Waals surface area (Å²) in [6.07, 6.45) is 11.7. The summed E-state index contributed by atoms with van der Waals surface area (Å²) in [7, 11) is 0. The molecule has 0 bridgehead atoms. The van der Waals surface area contributed by atoms with Gasteiger partial charge in [0.25, 0.3) is 0 Å². The van der Waals surface area contributed by atoms with Gasteiger partial charge < -0.3 is 14.8 Å². The van der Waals surface area contributed by atoms with Gasteiger partial charge in [0.15, 0.2) is 5.79 Å². The Labute approximate surface area is 117 Å². The van der Waals surface area contributed by atoms with Crippen molar-refractivity contribution in [2.45, 2.75) is 82.6 Å². The van der Waals surface area contributed by atoms with Crippen molar-refractivity contribution in [3.63, 3.8) is 0 Å². The maximum absolute atomic E-state index is 5.80. The van der Waals surface area contributed by atoms with Crippen LogP contribution in [0.15, 0.2) is 0 Å². The Bertz CT molecular complexity index is 272. The molecule has 1 spiro atoms. The summed E-state index contributed by atoms with van der Waals surface area (Å²) in [4.78, 5) is 0. The molecule has 3 fully saturated rings. The van der Waals surface area contributed by atoms with Crippen molar-refractivity contribution in [3.05, 3.63) is 0 Å². The zero-order valence-corrected chi connectivity index (χ0v) is 12.3. The highest BCUT2D eigenvalue weighted by atomic mass is 16.7. The van der Waals surface area contributed by atoms with Gasteiger partial charge in [-0.25, -0.2) is 0 Å². The first-order valence-electron chi connectivity index (χ1n) is 8.31. The maximum Gasteiger partial charge on any atom is 0.168 e. The normalized spacial score (nSPS) is 30.8. The zero-order valence-electron chi connectivity index (χ0n) is 12.3. The highest BCUT2D eigenvalue weighted by molar-refractivity contribution is 4.88. The predicted molar refractivity (Wildman–Crippen MR) is 76.1 cm³/mol. The van der Waals surface area contributed by atoms with Crippen molar-refractivity contribution < 1.29 is 9.47 Å². The van der Waals surface area contributed by atoms with E-state index in [1.165, 1.54) is 44.9 Å². The second-order valence-electron chi connectivity index (χ2n) is 6.74. The van der Waals surface area contributed by atoms with E-state index < -0.39 is 0 Å². The molecule has 1 saturated heterocycles. The van der Waals surface area contributed by atoms with Crippen LogP contribution in [0, 0.1) is 5.92 Å². The van der Waals surface area contributed by atoms with Crippen molar-refractivity contribution in [1.82, 2.24) is 5.32 Å². The van der Waals surface area contributed by atoms with Crippen molar-refractivity contribution in [3.8, 4) is 0 Å². The van der Waals surface area contributed by atoms with Gasteiger partial charge in [-0.2, -0.15) is 0 Å². The van der Waals surface area contributed by atoms with E-state index in [2.05, 4.69) is 12.2 Å². The molecule has 3 heteroatoms. The fourth-order valence-corrected chi connectivity index (χ4v) is 4.15. The van der Waals surface area contributed by atoms with Crippen LogP contribution >= 0.6 is 0 Å². The van der Waals surface area contributed by atoms with Crippen LogP contribution in [0.3, 0.4) is 0 Å². The first-order chi connectivity index (χ1) is 9.27. The molecule has 1 heterocycles. The lowest BCUT2D eigenvalue weighted by Gasteiger charge is -2.38. The third-order valence-electron chi connectivity index (χ3n) is 5.42. The SMILES string of the molecule is C[C@H](NC1CCC2(CC1)OCCO2)C1CCCCC1. The fourth-order valence-electron chi connectivity index (χ4n) is 4.15. The molecule has 1 aliphatic heterocycles. The molecule has 110 valence electrons. The van der Waals surface area contributed by atoms with Gasteiger partial charge in [-0.15, -0.1) is 0 Å². The molecule has 3 aliphatic rings. The highest BCUT2D eigenvalue weighted by Crippen LogP contribution is 2.36. The van der Waals surface area contributed by atoms with Crippen LogP contribution in [0.25, 0.3) is 0 Å². The lowest BCUT2D eigenvalue weighted by atomic mass is 9.83. The summed E-state index contributed by atoms with van der Waals surface area (Å²) in [6, 6.07) is 1.36. The standard InChI is InChI=1S/C16H29NO2/c1-13(14-5-3-2-4-6-14)17-15-7-9-16(10-8-15)18-11-12-19-16/h13-15,17H,2-12H2,1H3/t13-/m0/s1. The quantitative estimate of drug-likeness (QED) is 0.851. The van der Waals surface area contributed by atoms with Crippen molar-refractivity contribution >= 4 is 0 Å². The maximum atomic E-state index is 5.80. The summed E-state index contributed by atoms with van der Waals surface area (Å²) in [5.41, 5.74) is 0. The molecular weight excluding hydrogens is 238 g/mol. The second kappa shape index (κ2) is 6.11. The van der Waals surface area contributed by atoms with Gasteiger partial charge in [-0.05, 0) is 38.5 Å². The first-order valence-corrected chi connectivity index (χ1v) is 8.31. The summed E-state index contributed by atoms with van der Waals surface area (Å²) in [5, 5.41) is 3.88. The van der Waals surface area contributed by atoms with Gasteiger partial charge >= 0.3 is 0 Å². The Morgan fingerprint density at radius 2 is 1.58 bits per heavy atom. The van der Waals surface area contributed by atoms with E-state index in [1.807, 2.05) is 0 Å². The Morgan fingerprint density at radius 3 is 2.21 bits per heavy atom. The molecule has 0 unspecified atom stereocenters. The Hall–Kier alpha value is -0.120. The predicted octanol–water partition coefficient (Wildman–Crippen LogP) is 3.23. The molecule has 2 aliphatic carbocycles. The van der Waals surface area contributed by atoms with Crippen LogP contribution in [-0.4, -0.2) is 31.1 Å². The lowest BCUT2D eigenvalue weighted by Crippen LogP contribution is -2.47. The Morgan fingerprint density at radius 1 is 0.947 bits per heavy atom. The molecule has 0 amide bonds. The van der Waals surface area contributed by atoms with E-state index in [0.717, 1.165) is 32.0 Å². The van der Waals surface area contributed by atoms with Crippen LogP contribution in [0.5, 0.6) is 0 Å². The monoisotopic (exact) mass is 267 g/mol. The highest BCUT2D eigenvalue weighted by Gasteiger charge is 2.40. The Balaban J connectivity index is 1.43. The molecule has 3 rings (SSSR count). The smallest absolute Gasteiger partial charge is 0.168 e. The molecule has 0 aromatic heterocycles. The average molecular weight is 267 g/mol. The van der Waals surface area contributed by atoms with Crippen molar-refractivity contribution in [2.75, 3.05) is 13.2 Å². The van der Waals surface area contributed by atoms with E-state index in [-0.39, 0.29) is 5.79 Å². The van der Waals surface area contributed by atoms with Gasteiger partial charge in [-0.3, -0.25) is 0 Å². The van der Waals surface area contributed by atoms with Crippen molar-refractivity contribution in [1.29, 1.82) is 0 Å². The minimum atomic E-state index is -0.202. The fraction of sp³-hybridized carbons (Fsp3) is 1.00. The molecule has 2 saturated carbocycles. The summed E-state index contributed by atoms with van der Waals surface area (Å²) in [6.45, 7) is 3.97. The summed E-state index contributed by atoms with van der Waals surface area (Å²) >= 11 is 0. The molecule has 1 N–H and O–H groups in total. The Kier molecular flexibility index (Phi) is 4.45. The van der Waals surface area contributed by atoms with E-state index >= 15 is 0 Å². The molecular formula is C16H29NO2. The van der Waals surface area contributed by atoms with Crippen LogP contribution < -0.4 is 5.32 Å². The molecule has 0 aromatic rings. The van der Waals surface area contributed by atoms with Crippen molar-refractivity contribution in [2.24, 2.45) is 5.92 Å². The molecule has 19 heavy (non-hydrogen) atoms. The third-order valence-corrected chi connectivity index (χ3v) is 5.42. The number of ether oxygens (including phenoxy) is 2. The number of nitrogens with one attached hydrogen (secondary N) is 1. The van der Waals surface area contributed by atoms with Gasteiger partial charge in [0.1, 0.15) is 0 Å². The minimum Gasteiger partial charge on any atom is -0.348 e. The average Bonchev–Trinajstić information content (AvgIpc) is 2.91. The molecule has 3 nitrogen and oxygen atoms in total. The first kappa shape index (κ1) is 13.8. The van der Waals surface area contributed by atoms with Crippen LogP contribution in [-0.2, 0) is 9.47 Å². The minimum absolute atomic E-state index is 0.202. The third kappa shape index (κ3) is 3.32. The number of hydrogen-bond acceptors (Lipinski definition) is 3. The van der Waals surface area contributed by atoms with E-state index in [9.17, 15) is 0 Å². The van der Waals surface area contributed by atoms with Gasteiger partial charge in [-0.1, -0.05) is 19.3 Å². The van der Waals surface area contributed by atoms with E-state index in [1.54, 1.807) is 0 Å². The molecule has 0 aromatic carbocycles. The largest absolute Gasteiger partial charge is 0.348 e. The second-order valence-corrected chi connectivity index (χ2v) is 6.74. The summed E-state index contributed by atoms with van der Waals surface area (Å²) in [5.74, 6) is 0.704. The molecule has 0 radical (unpaired) electrons. The van der Waals surface area contributed by atoms with Crippen LogP contribution in [0.1, 0.15) is 64.7 Å². The molecule has 1 atom stereocenters. The van der Waals surface area contributed by atoms with Crippen LogP contribution in [0.4, 0.5) is 0 Å². The zero-order chi connectivity index (χ0) is 13.1. The van der Waals surface area contributed by atoms with Gasteiger partial charge in [0.05, 0.1) is 13.2 Å². The number of rotatable bonds is 3. The topological polar surface area (TPSA) is 30.5 Å². The number of hydrogen-bond donors (Lipinski definition) is 1. The van der Waals surface area contributed by atoms with Gasteiger partial charge in [0, 0.05) is 24.9 Å². The van der Waals surface area contributed by atoms with Crippen LogP contribution in [0.2, 0.25) is 0 Å². The van der Waals surface area contributed by atoms with E-state index in [4.69, 9.17) is 9.47 Å². The summed E-state index contributed by atoms with van der Waals surface area (Å²) < 4.78 is 11.6. The lowest BCUT2D eigenvalue weighted by molar-refractivity contribution is -0.179.